The number of hydrogen-bond donors (Lipinski definition) is 1. The summed E-state index contributed by atoms with van der Waals surface area (Å²) in [4.78, 5) is 34.4. The number of aliphatic carboxylic acids is 1. The average Bonchev–Trinajstić information content (AvgIpc) is 3.33. The highest BCUT2D eigenvalue weighted by Gasteiger charge is 2.28. The van der Waals surface area contributed by atoms with Crippen molar-refractivity contribution in [2.75, 3.05) is 6.61 Å². The molecule has 8 nitrogen and oxygen atoms in total. The monoisotopic (exact) mass is 506 g/mol. The number of carboxylic acids is 1. The second-order valence-corrected chi connectivity index (χ2v) is 17.1. The second-order valence-electron chi connectivity index (χ2n) is 11.4. The number of ether oxygens (including phenoxy) is 1. The van der Waals surface area contributed by atoms with Gasteiger partial charge in [-0.3, -0.25) is 9.59 Å². The van der Waals surface area contributed by atoms with Crippen molar-refractivity contribution >= 4 is 41.9 Å². The number of aromatic nitrogens is 4. The third kappa shape index (κ3) is 5.42. The standard InChI is InChI=1S/C27H34N4O4Si/c1-27(2,3)25(34)20-15-31(17-35-11-12-36(4,5)6)26-24(20)29-21(13-28-26)19-14-30(16-23(32)33)22-10-8-7-9-18(19)22/h7-10,13-15H,11-12,16-17H2,1-6H3,(H,32,33). The highest BCUT2D eigenvalue weighted by atomic mass is 28.3. The molecule has 190 valence electrons. The molecule has 0 atom stereocenters. The van der Waals surface area contributed by atoms with E-state index in [0.29, 0.717) is 35.8 Å². The first-order chi connectivity index (χ1) is 16.8. The van der Waals surface area contributed by atoms with Crippen LogP contribution in [0.5, 0.6) is 0 Å². The van der Waals surface area contributed by atoms with E-state index in [1.165, 1.54) is 0 Å². The highest BCUT2D eigenvalue weighted by Crippen LogP contribution is 2.32. The fraction of sp³-hybridized carbons (Fsp3) is 0.407. The van der Waals surface area contributed by atoms with E-state index in [2.05, 4.69) is 19.6 Å². The lowest BCUT2D eigenvalue weighted by atomic mass is 9.87. The molecule has 0 spiro atoms. The van der Waals surface area contributed by atoms with Crippen molar-refractivity contribution in [1.82, 2.24) is 19.1 Å². The number of ketones is 1. The summed E-state index contributed by atoms with van der Waals surface area (Å²) in [6.07, 6.45) is 5.26. The number of rotatable bonds is 9. The molecule has 0 bridgehead atoms. The number of hydrogen-bond acceptors (Lipinski definition) is 5. The quantitative estimate of drug-likeness (QED) is 0.178. The van der Waals surface area contributed by atoms with Gasteiger partial charge in [0.15, 0.2) is 11.4 Å². The van der Waals surface area contributed by atoms with Crippen LogP contribution in [0.2, 0.25) is 25.7 Å². The third-order valence-corrected chi connectivity index (χ3v) is 7.79. The zero-order valence-electron chi connectivity index (χ0n) is 21.8. The minimum absolute atomic E-state index is 0.0203. The van der Waals surface area contributed by atoms with E-state index < -0.39 is 19.5 Å². The van der Waals surface area contributed by atoms with E-state index in [9.17, 15) is 14.7 Å². The summed E-state index contributed by atoms with van der Waals surface area (Å²) in [5.74, 6) is -0.943. The molecule has 0 fully saturated rings. The van der Waals surface area contributed by atoms with E-state index in [4.69, 9.17) is 14.7 Å². The fourth-order valence-electron chi connectivity index (χ4n) is 4.12. The summed E-state index contributed by atoms with van der Waals surface area (Å²) in [7, 11) is -1.22. The number of Topliss-reactive ketones (excluding diaryl/α,β-unsaturated/α-hetero) is 1. The summed E-state index contributed by atoms with van der Waals surface area (Å²) in [6.45, 7) is 13.4. The number of fused-ring (bicyclic) bond motifs is 2. The van der Waals surface area contributed by atoms with Crippen molar-refractivity contribution in [1.29, 1.82) is 0 Å². The van der Waals surface area contributed by atoms with Gasteiger partial charge in [-0.15, -0.1) is 0 Å². The van der Waals surface area contributed by atoms with Crippen LogP contribution in [0.1, 0.15) is 31.1 Å². The van der Waals surface area contributed by atoms with Gasteiger partial charge in [-0.25, -0.2) is 9.97 Å². The lowest BCUT2D eigenvalue weighted by Crippen LogP contribution is -2.22. The maximum atomic E-state index is 13.4. The minimum atomic E-state index is -1.22. The smallest absolute Gasteiger partial charge is 0.323 e. The summed E-state index contributed by atoms with van der Waals surface area (Å²) >= 11 is 0. The van der Waals surface area contributed by atoms with Crippen LogP contribution in [-0.4, -0.2) is 50.6 Å². The number of carbonyl (C=O) groups excluding carboxylic acids is 1. The van der Waals surface area contributed by atoms with Crippen LogP contribution in [0.3, 0.4) is 0 Å². The molecule has 0 aliphatic heterocycles. The van der Waals surface area contributed by atoms with E-state index >= 15 is 0 Å². The number of carboxylic acid groups (broad SMARTS) is 1. The molecular formula is C27H34N4O4Si. The van der Waals surface area contributed by atoms with Crippen LogP contribution in [-0.2, 0) is 22.8 Å². The maximum absolute atomic E-state index is 13.4. The summed E-state index contributed by atoms with van der Waals surface area (Å²) < 4.78 is 9.50. The summed E-state index contributed by atoms with van der Waals surface area (Å²) in [6, 6.07) is 8.66. The van der Waals surface area contributed by atoms with Crippen LogP contribution in [0, 0.1) is 5.41 Å². The van der Waals surface area contributed by atoms with Gasteiger partial charge in [0.1, 0.15) is 18.8 Å². The first-order valence-electron chi connectivity index (χ1n) is 12.1. The Morgan fingerprint density at radius 1 is 1.08 bits per heavy atom. The predicted molar refractivity (Wildman–Crippen MR) is 144 cm³/mol. The Bertz CT molecular complexity index is 1440. The highest BCUT2D eigenvalue weighted by molar-refractivity contribution is 6.76. The number of nitrogens with zero attached hydrogens (tertiary/aromatic N) is 4. The molecule has 0 radical (unpaired) electrons. The summed E-state index contributed by atoms with van der Waals surface area (Å²) in [5.41, 5.74) is 3.20. The lowest BCUT2D eigenvalue weighted by molar-refractivity contribution is -0.137. The SMILES string of the molecule is CC(C)(C)C(=O)c1cn(COCC[Si](C)(C)C)c2ncc(-c3cn(CC(=O)O)c4ccccc34)nc12. The molecule has 0 saturated heterocycles. The van der Waals surface area contributed by atoms with Crippen LogP contribution in [0.4, 0.5) is 0 Å². The zero-order chi connectivity index (χ0) is 26.3. The summed E-state index contributed by atoms with van der Waals surface area (Å²) in [5, 5.41) is 10.2. The van der Waals surface area contributed by atoms with Crippen molar-refractivity contribution in [3.05, 3.63) is 48.4 Å². The number of benzene rings is 1. The van der Waals surface area contributed by atoms with Crippen molar-refractivity contribution in [3.63, 3.8) is 0 Å². The first-order valence-corrected chi connectivity index (χ1v) is 15.8. The van der Waals surface area contributed by atoms with Gasteiger partial charge in [0.2, 0.25) is 0 Å². The predicted octanol–water partition coefficient (Wildman–Crippen LogP) is 5.68. The largest absolute Gasteiger partial charge is 0.480 e. The van der Waals surface area contributed by atoms with Crippen LogP contribution < -0.4 is 0 Å². The Balaban J connectivity index is 1.80. The van der Waals surface area contributed by atoms with E-state index in [1.54, 1.807) is 23.2 Å². The lowest BCUT2D eigenvalue weighted by Gasteiger charge is -2.16. The zero-order valence-corrected chi connectivity index (χ0v) is 22.8. The topological polar surface area (TPSA) is 99.2 Å². The molecule has 0 unspecified atom stereocenters. The maximum Gasteiger partial charge on any atom is 0.323 e. The Kier molecular flexibility index (Phi) is 6.89. The van der Waals surface area contributed by atoms with Crippen LogP contribution in [0.25, 0.3) is 33.3 Å². The van der Waals surface area contributed by atoms with Crippen LogP contribution in [0.15, 0.2) is 42.9 Å². The minimum Gasteiger partial charge on any atom is -0.480 e. The molecule has 0 amide bonds. The number of carbonyl (C=O) groups is 2. The Labute approximate surface area is 211 Å². The van der Waals surface area contributed by atoms with Gasteiger partial charge >= 0.3 is 5.97 Å². The molecule has 1 aromatic carbocycles. The molecule has 0 saturated carbocycles. The van der Waals surface area contributed by atoms with Crippen molar-refractivity contribution < 1.29 is 19.4 Å². The van der Waals surface area contributed by atoms with Gasteiger partial charge in [-0.1, -0.05) is 58.6 Å². The fourth-order valence-corrected chi connectivity index (χ4v) is 4.88. The average molecular weight is 507 g/mol. The van der Waals surface area contributed by atoms with Gasteiger partial charge in [-0.05, 0) is 12.1 Å². The molecule has 1 N–H and O–H groups in total. The molecule has 0 aliphatic carbocycles. The molecule has 4 aromatic rings. The van der Waals surface area contributed by atoms with Gasteiger partial charge in [-0.2, -0.15) is 0 Å². The Hall–Kier alpha value is -3.30. The van der Waals surface area contributed by atoms with Gasteiger partial charge in [0, 0.05) is 49.0 Å². The van der Waals surface area contributed by atoms with Gasteiger partial charge in [0.25, 0.3) is 0 Å². The van der Waals surface area contributed by atoms with Crippen molar-refractivity contribution in [2.45, 2.75) is 59.7 Å². The molecule has 4 rings (SSSR count). The van der Waals surface area contributed by atoms with Crippen molar-refractivity contribution in [3.8, 4) is 11.3 Å². The molecule has 9 heteroatoms. The van der Waals surface area contributed by atoms with E-state index in [-0.39, 0.29) is 12.3 Å². The normalized spacial score (nSPS) is 12.5. The molecule has 3 heterocycles. The Morgan fingerprint density at radius 2 is 1.81 bits per heavy atom. The van der Waals surface area contributed by atoms with Crippen molar-refractivity contribution in [2.24, 2.45) is 5.41 Å². The van der Waals surface area contributed by atoms with E-state index in [0.717, 1.165) is 22.5 Å². The molecule has 36 heavy (non-hydrogen) atoms. The van der Waals surface area contributed by atoms with E-state index in [1.807, 2.05) is 49.6 Å². The second kappa shape index (κ2) is 9.63. The first kappa shape index (κ1) is 25.8. The molecule has 0 aliphatic rings. The van der Waals surface area contributed by atoms with Crippen LogP contribution >= 0.6 is 0 Å². The Morgan fingerprint density at radius 3 is 2.47 bits per heavy atom. The molecular weight excluding hydrogens is 472 g/mol. The number of para-hydroxylation sites is 1. The van der Waals surface area contributed by atoms with Gasteiger partial charge in [0.05, 0.1) is 17.5 Å². The van der Waals surface area contributed by atoms with Gasteiger partial charge < -0.3 is 19.0 Å². The molecule has 3 aromatic heterocycles. The third-order valence-electron chi connectivity index (χ3n) is 6.09.